The molecule has 0 fully saturated rings. The van der Waals surface area contributed by atoms with Crippen LogP contribution < -0.4 is 4.90 Å². The lowest BCUT2D eigenvalue weighted by Gasteiger charge is -2.30. The van der Waals surface area contributed by atoms with E-state index in [-0.39, 0.29) is 0 Å². The van der Waals surface area contributed by atoms with Crippen molar-refractivity contribution in [2.75, 3.05) is 11.4 Å². The van der Waals surface area contributed by atoms with E-state index in [2.05, 4.69) is 58.0 Å². The van der Waals surface area contributed by atoms with Crippen molar-refractivity contribution >= 4 is 22.5 Å². The Morgan fingerprint density at radius 1 is 1.14 bits per heavy atom. The second kappa shape index (κ2) is 4.58. The molecule has 4 rings (SSSR count). The lowest BCUT2D eigenvalue weighted by Crippen LogP contribution is -2.25. The van der Waals surface area contributed by atoms with Gasteiger partial charge in [-0.1, -0.05) is 18.2 Å². The molecule has 0 aliphatic carbocycles. The lowest BCUT2D eigenvalue weighted by atomic mass is 10.0. The molecule has 2 aromatic heterocycles. The van der Waals surface area contributed by atoms with E-state index in [1.54, 1.807) is 6.33 Å². The van der Waals surface area contributed by atoms with E-state index in [0.29, 0.717) is 0 Å². The molecule has 1 aromatic carbocycles. The molecule has 3 aromatic rings. The van der Waals surface area contributed by atoms with Gasteiger partial charge in [-0.2, -0.15) is 0 Å². The van der Waals surface area contributed by atoms with Crippen LogP contribution in [-0.4, -0.2) is 21.5 Å². The van der Waals surface area contributed by atoms with Gasteiger partial charge in [0, 0.05) is 17.9 Å². The normalized spacial score (nSPS) is 14.5. The average molecular weight is 278 g/mol. The molecule has 0 saturated carbocycles. The zero-order valence-electron chi connectivity index (χ0n) is 12.3. The minimum absolute atomic E-state index is 0.929. The van der Waals surface area contributed by atoms with E-state index in [1.165, 1.54) is 16.8 Å². The Hall–Kier alpha value is -2.36. The smallest absolute Gasteiger partial charge is 0.146 e. The van der Waals surface area contributed by atoms with Gasteiger partial charge in [0.1, 0.15) is 17.8 Å². The van der Waals surface area contributed by atoms with Crippen LogP contribution in [0.2, 0.25) is 0 Å². The summed E-state index contributed by atoms with van der Waals surface area (Å²) in [5.41, 5.74) is 6.01. The quantitative estimate of drug-likeness (QED) is 0.739. The molecular weight excluding hydrogens is 260 g/mol. The first-order chi connectivity index (χ1) is 10.3. The molecule has 0 atom stereocenters. The summed E-state index contributed by atoms with van der Waals surface area (Å²) in [5.74, 6) is 1.02. The van der Waals surface area contributed by atoms with E-state index >= 15 is 0 Å². The molecule has 1 aliphatic rings. The van der Waals surface area contributed by atoms with Crippen LogP contribution in [0.3, 0.4) is 0 Å². The second-order valence-electron chi connectivity index (χ2n) is 5.68. The van der Waals surface area contributed by atoms with Crippen molar-refractivity contribution < 1.29 is 0 Å². The average Bonchev–Trinajstić information content (AvgIpc) is 2.82. The highest BCUT2D eigenvalue weighted by atomic mass is 15.2. The third kappa shape index (κ3) is 1.82. The standard InChI is InChI=1S/C17H18N4/c1-11-12(2)20-16-15(11)17(19-10-18-16)21-9-5-7-13-6-3-4-8-14(13)21/h3-4,6,8,10H,5,7,9H2,1-2H3,(H,18,19,20). The van der Waals surface area contributed by atoms with Gasteiger partial charge >= 0.3 is 0 Å². The van der Waals surface area contributed by atoms with Gasteiger partial charge < -0.3 is 9.88 Å². The Balaban J connectivity index is 1.96. The van der Waals surface area contributed by atoms with Crippen LogP contribution >= 0.6 is 0 Å². The Morgan fingerprint density at radius 3 is 2.90 bits per heavy atom. The molecular formula is C17H18N4. The van der Waals surface area contributed by atoms with Crippen LogP contribution in [0.4, 0.5) is 11.5 Å². The van der Waals surface area contributed by atoms with Crippen molar-refractivity contribution in [1.82, 2.24) is 15.0 Å². The number of aromatic nitrogens is 3. The lowest BCUT2D eigenvalue weighted by molar-refractivity contribution is 0.761. The van der Waals surface area contributed by atoms with Crippen molar-refractivity contribution in [2.45, 2.75) is 26.7 Å². The van der Waals surface area contributed by atoms with Gasteiger partial charge in [-0.05, 0) is 43.9 Å². The summed E-state index contributed by atoms with van der Waals surface area (Å²) in [6.45, 7) is 5.23. The number of nitrogens with zero attached hydrogens (tertiary/aromatic N) is 3. The fourth-order valence-corrected chi connectivity index (χ4v) is 3.23. The number of aryl methyl sites for hydroxylation is 3. The number of para-hydroxylation sites is 1. The SMILES string of the molecule is Cc1[nH]c2ncnc(N3CCCc4ccccc43)c2c1C. The molecule has 0 radical (unpaired) electrons. The number of fused-ring (bicyclic) bond motifs is 2. The fourth-order valence-electron chi connectivity index (χ4n) is 3.23. The molecule has 1 aliphatic heterocycles. The van der Waals surface area contributed by atoms with Gasteiger partial charge in [0.15, 0.2) is 0 Å². The van der Waals surface area contributed by atoms with E-state index in [1.807, 2.05) is 0 Å². The van der Waals surface area contributed by atoms with Crippen molar-refractivity contribution in [2.24, 2.45) is 0 Å². The first kappa shape index (κ1) is 12.4. The topological polar surface area (TPSA) is 44.8 Å². The highest BCUT2D eigenvalue weighted by molar-refractivity contribution is 5.94. The number of nitrogens with one attached hydrogen (secondary N) is 1. The number of aromatic amines is 1. The van der Waals surface area contributed by atoms with Crippen LogP contribution in [0, 0.1) is 13.8 Å². The van der Waals surface area contributed by atoms with Crippen LogP contribution in [-0.2, 0) is 6.42 Å². The van der Waals surface area contributed by atoms with E-state index in [4.69, 9.17) is 0 Å². The van der Waals surface area contributed by atoms with Gasteiger partial charge in [-0.25, -0.2) is 9.97 Å². The van der Waals surface area contributed by atoms with Gasteiger partial charge in [0.05, 0.1) is 5.39 Å². The van der Waals surface area contributed by atoms with E-state index in [0.717, 1.165) is 41.9 Å². The van der Waals surface area contributed by atoms with Crippen LogP contribution in [0.15, 0.2) is 30.6 Å². The number of benzene rings is 1. The summed E-state index contributed by atoms with van der Waals surface area (Å²) in [4.78, 5) is 14.7. The first-order valence-corrected chi connectivity index (χ1v) is 7.41. The molecule has 4 nitrogen and oxygen atoms in total. The molecule has 21 heavy (non-hydrogen) atoms. The summed E-state index contributed by atoms with van der Waals surface area (Å²) in [6, 6.07) is 8.63. The minimum Gasteiger partial charge on any atom is -0.343 e. The summed E-state index contributed by atoms with van der Waals surface area (Å²) >= 11 is 0. The van der Waals surface area contributed by atoms with Crippen LogP contribution in [0.25, 0.3) is 11.0 Å². The van der Waals surface area contributed by atoms with Gasteiger partial charge in [-0.3, -0.25) is 0 Å². The largest absolute Gasteiger partial charge is 0.343 e. The molecule has 4 heteroatoms. The third-order valence-electron chi connectivity index (χ3n) is 4.44. The highest BCUT2D eigenvalue weighted by Gasteiger charge is 2.22. The van der Waals surface area contributed by atoms with Crippen molar-refractivity contribution in [1.29, 1.82) is 0 Å². The van der Waals surface area contributed by atoms with Crippen molar-refractivity contribution in [3.05, 3.63) is 47.4 Å². The Bertz CT molecular complexity index is 819. The molecule has 106 valence electrons. The molecule has 3 heterocycles. The molecule has 0 saturated heterocycles. The minimum atomic E-state index is 0.929. The van der Waals surface area contributed by atoms with E-state index < -0.39 is 0 Å². The number of H-pyrrole nitrogens is 1. The van der Waals surface area contributed by atoms with Gasteiger partial charge in [-0.15, -0.1) is 0 Å². The molecule has 0 spiro atoms. The third-order valence-corrected chi connectivity index (χ3v) is 4.44. The maximum atomic E-state index is 4.60. The molecule has 0 bridgehead atoms. The van der Waals surface area contributed by atoms with Crippen molar-refractivity contribution in [3.63, 3.8) is 0 Å². The van der Waals surface area contributed by atoms with Crippen molar-refractivity contribution in [3.8, 4) is 0 Å². The number of rotatable bonds is 1. The second-order valence-corrected chi connectivity index (χ2v) is 5.68. The summed E-state index contributed by atoms with van der Waals surface area (Å²) < 4.78 is 0. The summed E-state index contributed by atoms with van der Waals surface area (Å²) in [6.07, 6.45) is 3.96. The predicted octanol–water partition coefficient (Wildman–Crippen LogP) is 3.66. The summed E-state index contributed by atoms with van der Waals surface area (Å²) in [7, 11) is 0. The summed E-state index contributed by atoms with van der Waals surface area (Å²) in [5, 5.41) is 1.15. The fraction of sp³-hybridized carbons (Fsp3) is 0.294. The maximum absolute atomic E-state index is 4.60. The number of anilines is 2. The monoisotopic (exact) mass is 278 g/mol. The molecule has 1 N–H and O–H groups in total. The number of hydrogen-bond acceptors (Lipinski definition) is 3. The Labute approximate surface area is 123 Å². The zero-order valence-corrected chi connectivity index (χ0v) is 12.3. The van der Waals surface area contributed by atoms with E-state index in [9.17, 15) is 0 Å². The van der Waals surface area contributed by atoms with Crippen LogP contribution in [0.1, 0.15) is 23.2 Å². The van der Waals surface area contributed by atoms with Crippen LogP contribution in [0.5, 0.6) is 0 Å². The number of hydrogen-bond donors (Lipinski definition) is 1. The van der Waals surface area contributed by atoms with Gasteiger partial charge in [0.25, 0.3) is 0 Å². The Morgan fingerprint density at radius 2 is 2.00 bits per heavy atom. The zero-order chi connectivity index (χ0) is 14.4. The predicted molar refractivity (Wildman–Crippen MR) is 85.1 cm³/mol. The molecule has 0 amide bonds. The molecule has 0 unspecified atom stereocenters. The maximum Gasteiger partial charge on any atom is 0.146 e. The van der Waals surface area contributed by atoms with Gasteiger partial charge in [0.2, 0.25) is 0 Å². The Kier molecular flexibility index (Phi) is 2.70. The highest BCUT2D eigenvalue weighted by Crippen LogP contribution is 2.36. The first-order valence-electron chi connectivity index (χ1n) is 7.41.